The third-order valence-corrected chi connectivity index (χ3v) is 4.56. The molecule has 1 N–H and O–H groups in total. The van der Waals surface area contributed by atoms with Gasteiger partial charge in [0.1, 0.15) is 5.41 Å². The van der Waals surface area contributed by atoms with Crippen LogP contribution < -0.4 is 5.32 Å². The van der Waals surface area contributed by atoms with Crippen LogP contribution in [-0.4, -0.2) is 36.3 Å². The highest BCUT2D eigenvalue weighted by Crippen LogP contribution is 2.46. The molecule has 1 aliphatic carbocycles. The lowest BCUT2D eigenvalue weighted by Crippen LogP contribution is -2.52. The zero-order valence-electron chi connectivity index (χ0n) is 12.3. The predicted molar refractivity (Wildman–Crippen MR) is 74.4 cm³/mol. The molecule has 1 saturated carbocycles. The fourth-order valence-electron chi connectivity index (χ4n) is 3.37. The van der Waals surface area contributed by atoms with Crippen molar-refractivity contribution >= 4 is 11.8 Å². The van der Waals surface area contributed by atoms with Crippen molar-refractivity contribution in [1.29, 1.82) is 5.26 Å². The van der Waals surface area contributed by atoms with Crippen LogP contribution in [0, 0.1) is 28.6 Å². The second-order valence-corrected chi connectivity index (χ2v) is 6.38. The summed E-state index contributed by atoms with van der Waals surface area (Å²) in [6.07, 6.45) is 3.22. The number of amides is 2. The Kier molecular flexibility index (Phi) is 4.32. The number of rotatable bonds is 3. The Morgan fingerprint density at radius 2 is 1.95 bits per heavy atom. The number of carbonyl (C=O) groups excluding carboxylic acids is 2. The van der Waals surface area contributed by atoms with E-state index in [1.807, 2.05) is 4.90 Å². The van der Waals surface area contributed by atoms with Crippen LogP contribution in [0.15, 0.2) is 0 Å². The van der Waals surface area contributed by atoms with E-state index >= 15 is 0 Å². The van der Waals surface area contributed by atoms with Gasteiger partial charge in [0.15, 0.2) is 0 Å². The van der Waals surface area contributed by atoms with Gasteiger partial charge in [-0.25, -0.2) is 0 Å². The van der Waals surface area contributed by atoms with Gasteiger partial charge in [-0.05, 0) is 37.5 Å². The van der Waals surface area contributed by atoms with E-state index < -0.39 is 5.41 Å². The Hall–Kier alpha value is -1.57. The van der Waals surface area contributed by atoms with Gasteiger partial charge in [0.2, 0.25) is 11.8 Å². The van der Waals surface area contributed by atoms with Gasteiger partial charge in [0.25, 0.3) is 0 Å². The molecule has 2 fully saturated rings. The molecule has 0 unspecified atom stereocenters. The van der Waals surface area contributed by atoms with Crippen molar-refractivity contribution in [2.75, 3.05) is 19.6 Å². The molecule has 0 atom stereocenters. The maximum atomic E-state index is 12.5. The first kappa shape index (κ1) is 14.8. The minimum absolute atomic E-state index is 0.00426. The number of piperidine rings is 1. The zero-order valence-corrected chi connectivity index (χ0v) is 12.3. The lowest BCUT2D eigenvalue weighted by Gasteiger charge is -2.44. The van der Waals surface area contributed by atoms with E-state index in [0.717, 1.165) is 12.8 Å². The third kappa shape index (κ3) is 2.95. The van der Waals surface area contributed by atoms with Gasteiger partial charge in [0.05, 0.1) is 6.07 Å². The van der Waals surface area contributed by atoms with Crippen molar-refractivity contribution in [2.45, 2.75) is 39.5 Å². The van der Waals surface area contributed by atoms with Crippen LogP contribution in [0.5, 0.6) is 0 Å². The molecular formula is C15H23N3O2. The summed E-state index contributed by atoms with van der Waals surface area (Å²) >= 11 is 0. The van der Waals surface area contributed by atoms with Crippen LogP contribution >= 0.6 is 0 Å². The first-order valence-corrected chi connectivity index (χ1v) is 7.42. The molecule has 1 heterocycles. The highest BCUT2D eigenvalue weighted by Gasteiger charge is 2.50. The lowest BCUT2D eigenvalue weighted by molar-refractivity contribution is -0.146. The van der Waals surface area contributed by atoms with Crippen LogP contribution in [-0.2, 0) is 9.59 Å². The molecule has 0 radical (unpaired) electrons. The van der Waals surface area contributed by atoms with Crippen molar-refractivity contribution < 1.29 is 9.59 Å². The predicted octanol–water partition coefficient (Wildman–Crippen LogP) is 1.30. The summed E-state index contributed by atoms with van der Waals surface area (Å²) in [5.41, 5.74) is -0.746. The molecule has 0 bridgehead atoms. The van der Waals surface area contributed by atoms with E-state index in [4.69, 9.17) is 0 Å². The minimum atomic E-state index is -0.746. The average molecular weight is 277 g/mol. The summed E-state index contributed by atoms with van der Waals surface area (Å²) in [6.45, 7) is 5.72. The van der Waals surface area contributed by atoms with Gasteiger partial charge < -0.3 is 10.2 Å². The maximum absolute atomic E-state index is 12.5. The van der Waals surface area contributed by atoms with Gasteiger partial charge in [-0.1, -0.05) is 6.92 Å². The van der Waals surface area contributed by atoms with E-state index in [1.165, 1.54) is 6.92 Å². The molecule has 0 aromatic rings. The Morgan fingerprint density at radius 3 is 2.40 bits per heavy atom. The van der Waals surface area contributed by atoms with Gasteiger partial charge in [-0.2, -0.15) is 5.26 Å². The molecule has 2 aliphatic rings. The first-order chi connectivity index (χ1) is 9.47. The fraction of sp³-hybridized carbons (Fsp3) is 0.800. The second kappa shape index (κ2) is 5.82. The number of nitrogens with zero attached hydrogens (tertiary/aromatic N) is 2. The largest absolute Gasteiger partial charge is 0.356 e. The molecule has 5 nitrogen and oxygen atoms in total. The van der Waals surface area contributed by atoms with Gasteiger partial charge in [-0.3, -0.25) is 9.59 Å². The first-order valence-electron chi connectivity index (χ1n) is 7.42. The molecule has 110 valence electrons. The molecule has 0 spiro atoms. The molecule has 1 aliphatic heterocycles. The Bertz CT molecular complexity index is 427. The summed E-state index contributed by atoms with van der Waals surface area (Å²) in [6, 6.07) is 2.25. The number of carbonyl (C=O) groups is 2. The fourth-order valence-corrected chi connectivity index (χ4v) is 3.37. The summed E-state index contributed by atoms with van der Waals surface area (Å²) < 4.78 is 0. The van der Waals surface area contributed by atoms with E-state index in [2.05, 4.69) is 18.3 Å². The van der Waals surface area contributed by atoms with Crippen LogP contribution in [0.3, 0.4) is 0 Å². The van der Waals surface area contributed by atoms with E-state index in [1.54, 1.807) is 0 Å². The topological polar surface area (TPSA) is 73.2 Å². The van der Waals surface area contributed by atoms with Gasteiger partial charge in [-0.15, -0.1) is 0 Å². The Labute approximate surface area is 120 Å². The Balaban J connectivity index is 1.83. The zero-order chi connectivity index (χ0) is 14.8. The number of hydrogen-bond donors (Lipinski definition) is 1. The molecule has 5 heteroatoms. The highest BCUT2D eigenvalue weighted by molar-refractivity contribution is 5.86. The second-order valence-electron chi connectivity index (χ2n) is 6.38. The standard InChI is InChI=1S/C15H23N3O2/c1-11-7-15(8-11,10-16)14(20)18-5-3-13(4-6-18)9-17-12(2)19/h11,13H,3-9H2,1-2H3,(H,17,19). The molecule has 2 amide bonds. The van der Waals surface area contributed by atoms with Gasteiger partial charge >= 0.3 is 0 Å². The van der Waals surface area contributed by atoms with Crippen LogP contribution in [0.25, 0.3) is 0 Å². The number of hydrogen-bond acceptors (Lipinski definition) is 3. The van der Waals surface area contributed by atoms with E-state index in [0.29, 0.717) is 44.3 Å². The van der Waals surface area contributed by atoms with Crippen LogP contribution in [0.2, 0.25) is 0 Å². The van der Waals surface area contributed by atoms with E-state index in [-0.39, 0.29) is 11.8 Å². The minimum Gasteiger partial charge on any atom is -0.356 e. The van der Waals surface area contributed by atoms with Crippen LogP contribution in [0.4, 0.5) is 0 Å². The average Bonchev–Trinajstić information content (AvgIpc) is 2.41. The smallest absolute Gasteiger partial charge is 0.243 e. The lowest BCUT2D eigenvalue weighted by atomic mass is 9.62. The monoisotopic (exact) mass is 277 g/mol. The summed E-state index contributed by atoms with van der Waals surface area (Å²) in [5, 5.41) is 12.1. The Morgan fingerprint density at radius 1 is 1.35 bits per heavy atom. The number of nitriles is 1. The van der Waals surface area contributed by atoms with Crippen molar-refractivity contribution in [1.82, 2.24) is 10.2 Å². The molecule has 1 saturated heterocycles. The quantitative estimate of drug-likeness (QED) is 0.845. The normalized spacial score (nSPS) is 30.2. The number of likely N-dealkylation sites (tertiary alicyclic amines) is 1. The van der Waals surface area contributed by atoms with E-state index in [9.17, 15) is 14.9 Å². The third-order valence-electron chi connectivity index (χ3n) is 4.56. The SMILES string of the molecule is CC(=O)NCC1CCN(C(=O)C2(C#N)CC(C)C2)CC1. The highest BCUT2D eigenvalue weighted by atomic mass is 16.2. The molecule has 0 aromatic heterocycles. The van der Waals surface area contributed by atoms with Crippen LogP contribution in [0.1, 0.15) is 39.5 Å². The van der Waals surface area contributed by atoms with Crippen molar-refractivity contribution in [3.8, 4) is 6.07 Å². The molecule has 20 heavy (non-hydrogen) atoms. The molecule has 2 rings (SSSR count). The summed E-state index contributed by atoms with van der Waals surface area (Å²) in [5.74, 6) is 0.948. The van der Waals surface area contributed by atoms with Gasteiger partial charge in [0, 0.05) is 26.6 Å². The summed E-state index contributed by atoms with van der Waals surface area (Å²) in [7, 11) is 0. The van der Waals surface area contributed by atoms with Crippen molar-refractivity contribution in [2.24, 2.45) is 17.3 Å². The maximum Gasteiger partial charge on any atom is 0.243 e. The van der Waals surface area contributed by atoms with Crippen molar-refractivity contribution in [3.63, 3.8) is 0 Å². The molecule has 0 aromatic carbocycles. The van der Waals surface area contributed by atoms with Crippen molar-refractivity contribution in [3.05, 3.63) is 0 Å². The summed E-state index contributed by atoms with van der Waals surface area (Å²) in [4.78, 5) is 25.2. The number of nitrogens with one attached hydrogen (secondary N) is 1. The molecular weight excluding hydrogens is 254 g/mol.